The molecule has 5 nitrogen and oxygen atoms in total. The first kappa shape index (κ1) is 14.3. The number of carbonyl (C=O) groups excluding carboxylic acids is 2. The van der Waals surface area contributed by atoms with E-state index in [1.807, 2.05) is 0 Å². The first-order valence-corrected chi connectivity index (χ1v) is 6.39. The number of aryl methyl sites for hydroxylation is 1. The van der Waals surface area contributed by atoms with E-state index in [2.05, 4.69) is 0 Å². The van der Waals surface area contributed by atoms with Crippen molar-refractivity contribution < 1.29 is 14.0 Å². The van der Waals surface area contributed by atoms with E-state index < -0.39 is 23.0 Å². The molecule has 0 radical (unpaired) electrons. The largest absolute Gasteiger partial charge is 0.399 e. The Bertz CT molecular complexity index is 588. The van der Waals surface area contributed by atoms with Crippen molar-refractivity contribution in [1.29, 1.82) is 0 Å². The molecule has 0 saturated carbocycles. The third kappa shape index (κ3) is 2.33. The number of anilines is 1. The van der Waals surface area contributed by atoms with Crippen molar-refractivity contribution in [2.75, 3.05) is 18.8 Å². The number of amides is 2. The lowest BCUT2D eigenvalue weighted by molar-refractivity contribution is -0.126. The third-order valence-electron chi connectivity index (χ3n) is 3.86. The maximum Gasteiger partial charge on any atom is 0.256 e. The monoisotopic (exact) mass is 279 g/mol. The summed E-state index contributed by atoms with van der Waals surface area (Å²) in [7, 11) is 0. The summed E-state index contributed by atoms with van der Waals surface area (Å²) in [5.74, 6) is -1.48. The Hall–Kier alpha value is -2.11. The molecule has 1 atom stereocenters. The maximum absolute atomic E-state index is 14.0. The molecule has 1 aliphatic rings. The van der Waals surface area contributed by atoms with Gasteiger partial charge < -0.3 is 16.4 Å². The molecule has 6 heteroatoms. The molecular weight excluding hydrogens is 261 g/mol. The molecule has 0 spiro atoms. The fraction of sp³-hybridized carbons (Fsp3) is 0.429. The van der Waals surface area contributed by atoms with Crippen LogP contribution in [0.4, 0.5) is 10.1 Å². The highest BCUT2D eigenvalue weighted by molar-refractivity contribution is 5.96. The Morgan fingerprint density at radius 2 is 2.05 bits per heavy atom. The Morgan fingerprint density at radius 3 is 2.60 bits per heavy atom. The number of nitrogens with two attached hydrogens (primary N) is 2. The van der Waals surface area contributed by atoms with E-state index >= 15 is 0 Å². The van der Waals surface area contributed by atoms with E-state index in [1.54, 1.807) is 13.8 Å². The van der Waals surface area contributed by atoms with Crippen molar-refractivity contribution >= 4 is 17.5 Å². The smallest absolute Gasteiger partial charge is 0.256 e. The van der Waals surface area contributed by atoms with Crippen LogP contribution in [-0.4, -0.2) is 29.8 Å². The minimum absolute atomic E-state index is 0.0591. The second-order valence-electron chi connectivity index (χ2n) is 5.60. The van der Waals surface area contributed by atoms with Gasteiger partial charge in [-0.15, -0.1) is 0 Å². The van der Waals surface area contributed by atoms with Crippen LogP contribution >= 0.6 is 0 Å². The van der Waals surface area contributed by atoms with Gasteiger partial charge in [-0.1, -0.05) is 0 Å². The predicted octanol–water partition coefficient (Wildman–Crippen LogP) is 1.05. The molecule has 1 saturated heterocycles. The molecule has 108 valence electrons. The van der Waals surface area contributed by atoms with Gasteiger partial charge in [-0.05, 0) is 38.0 Å². The van der Waals surface area contributed by atoms with Crippen LogP contribution in [0.5, 0.6) is 0 Å². The molecule has 0 aliphatic carbocycles. The van der Waals surface area contributed by atoms with E-state index in [-0.39, 0.29) is 12.1 Å². The number of likely N-dealkylation sites (tertiary alicyclic amines) is 1. The number of benzene rings is 1. The van der Waals surface area contributed by atoms with Gasteiger partial charge in [0.1, 0.15) is 5.82 Å². The van der Waals surface area contributed by atoms with E-state index in [1.165, 1.54) is 17.0 Å². The van der Waals surface area contributed by atoms with Crippen LogP contribution in [0.3, 0.4) is 0 Å². The van der Waals surface area contributed by atoms with Crippen LogP contribution in [0.25, 0.3) is 0 Å². The molecule has 1 aromatic carbocycles. The fourth-order valence-electron chi connectivity index (χ4n) is 2.46. The molecule has 1 unspecified atom stereocenters. The normalized spacial score (nSPS) is 22.1. The highest BCUT2D eigenvalue weighted by Gasteiger charge is 2.41. The van der Waals surface area contributed by atoms with Crippen molar-refractivity contribution in [3.8, 4) is 0 Å². The molecule has 20 heavy (non-hydrogen) atoms. The van der Waals surface area contributed by atoms with Crippen molar-refractivity contribution in [2.24, 2.45) is 11.1 Å². The molecule has 0 aromatic heterocycles. The maximum atomic E-state index is 14.0. The molecule has 4 N–H and O–H groups in total. The number of primary amides is 1. The third-order valence-corrected chi connectivity index (χ3v) is 3.86. The van der Waals surface area contributed by atoms with Crippen molar-refractivity contribution in [1.82, 2.24) is 4.90 Å². The topological polar surface area (TPSA) is 89.4 Å². The molecular formula is C14H18FN3O2. The number of nitrogen functional groups attached to an aromatic ring is 1. The Kier molecular flexibility index (Phi) is 3.41. The van der Waals surface area contributed by atoms with Gasteiger partial charge >= 0.3 is 0 Å². The SMILES string of the molecule is Cc1cc(N)cc(C(=O)N2CCC(C)(C(N)=O)C2)c1F. The zero-order chi connectivity index (χ0) is 15.1. The summed E-state index contributed by atoms with van der Waals surface area (Å²) in [6.45, 7) is 3.85. The van der Waals surface area contributed by atoms with Gasteiger partial charge in [0.25, 0.3) is 5.91 Å². The van der Waals surface area contributed by atoms with E-state index in [4.69, 9.17) is 11.5 Å². The number of rotatable bonds is 2. The Morgan fingerprint density at radius 1 is 1.40 bits per heavy atom. The van der Waals surface area contributed by atoms with Crippen LogP contribution in [0.2, 0.25) is 0 Å². The average molecular weight is 279 g/mol. The zero-order valence-corrected chi connectivity index (χ0v) is 11.6. The lowest BCUT2D eigenvalue weighted by Gasteiger charge is -2.21. The summed E-state index contributed by atoms with van der Waals surface area (Å²) in [6.07, 6.45) is 0.483. The Labute approximate surface area is 116 Å². The van der Waals surface area contributed by atoms with Gasteiger partial charge in [0.15, 0.2) is 0 Å². The van der Waals surface area contributed by atoms with Gasteiger partial charge in [-0.2, -0.15) is 0 Å². The second kappa shape index (κ2) is 4.77. The van der Waals surface area contributed by atoms with Gasteiger partial charge in [0.05, 0.1) is 11.0 Å². The number of halogens is 1. The molecule has 2 rings (SSSR count). The number of carbonyl (C=O) groups is 2. The summed E-state index contributed by atoms with van der Waals surface area (Å²) in [4.78, 5) is 25.2. The van der Waals surface area contributed by atoms with Crippen molar-refractivity contribution in [3.05, 3.63) is 29.1 Å². The minimum Gasteiger partial charge on any atom is -0.399 e. The average Bonchev–Trinajstić information content (AvgIpc) is 2.77. The molecule has 1 aliphatic heterocycles. The van der Waals surface area contributed by atoms with Gasteiger partial charge in [0.2, 0.25) is 5.91 Å². The molecule has 1 aromatic rings. The van der Waals surface area contributed by atoms with E-state index in [0.717, 1.165) is 0 Å². The molecule has 2 amide bonds. The predicted molar refractivity (Wildman–Crippen MR) is 73.4 cm³/mol. The Balaban J connectivity index is 2.28. The van der Waals surface area contributed by atoms with Crippen LogP contribution in [0, 0.1) is 18.2 Å². The molecule has 0 bridgehead atoms. The van der Waals surface area contributed by atoms with Gasteiger partial charge in [0, 0.05) is 18.8 Å². The van der Waals surface area contributed by atoms with Crippen molar-refractivity contribution in [2.45, 2.75) is 20.3 Å². The van der Waals surface area contributed by atoms with E-state index in [9.17, 15) is 14.0 Å². The zero-order valence-electron chi connectivity index (χ0n) is 11.6. The van der Waals surface area contributed by atoms with Crippen LogP contribution < -0.4 is 11.5 Å². The summed E-state index contributed by atoms with van der Waals surface area (Å²) in [5.41, 5.74) is 10.8. The second-order valence-corrected chi connectivity index (χ2v) is 5.60. The van der Waals surface area contributed by atoms with Crippen molar-refractivity contribution in [3.63, 3.8) is 0 Å². The first-order chi connectivity index (χ1) is 9.24. The van der Waals surface area contributed by atoms with Crippen LogP contribution in [-0.2, 0) is 4.79 Å². The fourth-order valence-corrected chi connectivity index (χ4v) is 2.46. The quantitative estimate of drug-likeness (QED) is 0.793. The first-order valence-electron chi connectivity index (χ1n) is 6.39. The highest BCUT2D eigenvalue weighted by atomic mass is 19.1. The molecule has 1 fully saturated rings. The van der Waals surface area contributed by atoms with Crippen LogP contribution in [0.15, 0.2) is 12.1 Å². The summed E-state index contributed by atoms with van der Waals surface area (Å²) >= 11 is 0. The minimum atomic E-state index is -0.749. The standard InChI is InChI=1S/C14H18FN3O2/c1-8-5-9(16)6-10(11(8)15)12(19)18-4-3-14(2,7-18)13(17)20/h5-6H,3-4,7,16H2,1-2H3,(H2,17,20). The summed E-state index contributed by atoms with van der Waals surface area (Å²) in [6, 6.07) is 2.80. The van der Waals surface area contributed by atoms with Gasteiger partial charge in [-0.25, -0.2) is 4.39 Å². The van der Waals surface area contributed by atoms with Crippen LogP contribution in [0.1, 0.15) is 29.3 Å². The lowest BCUT2D eigenvalue weighted by atomic mass is 9.89. The summed E-state index contributed by atoms with van der Waals surface area (Å²) < 4.78 is 14.0. The summed E-state index contributed by atoms with van der Waals surface area (Å²) in [5, 5.41) is 0. The number of hydrogen-bond donors (Lipinski definition) is 2. The highest BCUT2D eigenvalue weighted by Crippen LogP contribution is 2.31. The number of hydrogen-bond acceptors (Lipinski definition) is 3. The number of nitrogens with zero attached hydrogens (tertiary/aromatic N) is 1. The van der Waals surface area contributed by atoms with Gasteiger partial charge in [-0.3, -0.25) is 9.59 Å². The lowest BCUT2D eigenvalue weighted by Crippen LogP contribution is -2.38. The molecule has 1 heterocycles. The van der Waals surface area contributed by atoms with E-state index in [0.29, 0.717) is 24.2 Å².